The van der Waals surface area contributed by atoms with Crippen LogP contribution in [-0.4, -0.2) is 33.7 Å². The molecule has 0 saturated carbocycles. The molecular weight excluding hydrogens is 368 g/mol. The molecule has 7 nitrogen and oxygen atoms in total. The number of halogens is 1. The van der Waals surface area contributed by atoms with E-state index in [-0.39, 0.29) is 27.5 Å². The van der Waals surface area contributed by atoms with E-state index in [1.165, 1.54) is 49.6 Å². The van der Waals surface area contributed by atoms with Gasteiger partial charge < -0.3 is 10.1 Å². The van der Waals surface area contributed by atoms with Crippen molar-refractivity contribution in [3.8, 4) is 0 Å². The van der Waals surface area contributed by atoms with Gasteiger partial charge in [-0.05, 0) is 36.4 Å². The van der Waals surface area contributed by atoms with Crippen molar-refractivity contribution in [3.63, 3.8) is 0 Å². The largest absolute Gasteiger partial charge is 0.465 e. The number of benzene rings is 2. The van der Waals surface area contributed by atoms with Gasteiger partial charge in [-0.3, -0.25) is 9.52 Å². The van der Waals surface area contributed by atoms with Crippen LogP contribution in [0.3, 0.4) is 0 Å². The highest BCUT2D eigenvalue weighted by Crippen LogP contribution is 2.24. The summed E-state index contributed by atoms with van der Waals surface area (Å²) in [5, 5.41) is 2.82. The number of hydrogen-bond donors (Lipinski definition) is 2. The van der Waals surface area contributed by atoms with Gasteiger partial charge in [-0.2, -0.15) is 0 Å². The average molecular weight is 383 g/mol. The Morgan fingerprint density at radius 3 is 2.44 bits per heavy atom. The molecule has 0 aromatic heterocycles. The number of carbonyl (C=O) groups excluding carboxylic acids is 2. The molecule has 2 aromatic carbocycles. The molecule has 0 spiro atoms. The Morgan fingerprint density at radius 2 is 1.80 bits per heavy atom. The molecule has 9 heteroatoms. The molecule has 0 atom stereocenters. The first-order valence-corrected chi connectivity index (χ1v) is 9.23. The lowest BCUT2D eigenvalue weighted by Crippen LogP contribution is -2.14. The summed E-state index contributed by atoms with van der Waals surface area (Å²) >= 11 is 6.04. The van der Waals surface area contributed by atoms with Crippen LogP contribution in [0, 0.1) is 0 Å². The standard InChI is InChI=1S/C16H15ClN2O5S/c1-24-16(21)11-6-7-13(17)14(9-11)18-15(20)10-4-3-5-12(8-10)19-25(2,22)23/h3-9,19H,1-2H3,(H,18,20). The smallest absolute Gasteiger partial charge is 0.337 e. The zero-order valence-corrected chi connectivity index (χ0v) is 14.9. The van der Waals surface area contributed by atoms with E-state index in [4.69, 9.17) is 11.6 Å². The van der Waals surface area contributed by atoms with Crippen LogP contribution in [0.5, 0.6) is 0 Å². The molecule has 132 valence electrons. The number of hydrogen-bond acceptors (Lipinski definition) is 5. The Bertz CT molecular complexity index is 928. The maximum absolute atomic E-state index is 12.4. The maximum Gasteiger partial charge on any atom is 0.337 e. The summed E-state index contributed by atoms with van der Waals surface area (Å²) in [7, 11) is -2.21. The molecule has 0 fully saturated rings. The third kappa shape index (κ3) is 5.20. The van der Waals surface area contributed by atoms with Gasteiger partial charge in [0.1, 0.15) is 0 Å². The highest BCUT2D eigenvalue weighted by Gasteiger charge is 2.13. The molecule has 0 bridgehead atoms. The first-order chi connectivity index (χ1) is 11.7. The summed E-state index contributed by atoms with van der Waals surface area (Å²) in [6, 6.07) is 10.3. The van der Waals surface area contributed by atoms with E-state index < -0.39 is 21.9 Å². The molecule has 0 saturated heterocycles. The van der Waals surface area contributed by atoms with E-state index in [9.17, 15) is 18.0 Å². The molecule has 0 radical (unpaired) electrons. The van der Waals surface area contributed by atoms with Crippen molar-refractivity contribution in [1.82, 2.24) is 0 Å². The fourth-order valence-corrected chi connectivity index (χ4v) is 2.72. The number of ether oxygens (including phenoxy) is 1. The van der Waals surface area contributed by atoms with Crippen molar-refractivity contribution in [2.75, 3.05) is 23.4 Å². The molecule has 0 aliphatic rings. The van der Waals surface area contributed by atoms with Crippen LogP contribution in [0.15, 0.2) is 42.5 Å². The van der Waals surface area contributed by atoms with Crippen LogP contribution in [0.1, 0.15) is 20.7 Å². The first kappa shape index (κ1) is 18.8. The second kappa shape index (κ2) is 7.54. The van der Waals surface area contributed by atoms with E-state index in [0.29, 0.717) is 0 Å². The molecule has 2 N–H and O–H groups in total. The van der Waals surface area contributed by atoms with E-state index in [2.05, 4.69) is 14.8 Å². The highest BCUT2D eigenvalue weighted by atomic mass is 35.5. The predicted octanol–water partition coefficient (Wildman–Crippen LogP) is 2.75. The molecule has 0 unspecified atom stereocenters. The molecule has 2 rings (SSSR count). The van der Waals surface area contributed by atoms with E-state index >= 15 is 0 Å². The van der Waals surface area contributed by atoms with Crippen LogP contribution >= 0.6 is 11.6 Å². The van der Waals surface area contributed by atoms with E-state index in [1.54, 1.807) is 0 Å². The number of esters is 1. The molecule has 2 aromatic rings. The van der Waals surface area contributed by atoms with E-state index in [1.807, 2.05) is 0 Å². The zero-order valence-electron chi connectivity index (χ0n) is 13.4. The number of methoxy groups -OCH3 is 1. The minimum Gasteiger partial charge on any atom is -0.465 e. The van der Waals surface area contributed by atoms with Crippen LogP contribution in [-0.2, 0) is 14.8 Å². The van der Waals surface area contributed by atoms with Gasteiger partial charge in [0.05, 0.1) is 29.6 Å². The topological polar surface area (TPSA) is 102 Å². The van der Waals surface area contributed by atoms with Gasteiger partial charge in [-0.15, -0.1) is 0 Å². The Hall–Kier alpha value is -2.58. The lowest BCUT2D eigenvalue weighted by Gasteiger charge is -2.10. The number of rotatable bonds is 5. The fraction of sp³-hybridized carbons (Fsp3) is 0.125. The normalized spacial score (nSPS) is 10.8. The zero-order chi connectivity index (χ0) is 18.6. The van der Waals surface area contributed by atoms with Crippen molar-refractivity contribution < 1.29 is 22.7 Å². The Kier molecular flexibility index (Phi) is 5.66. The second-order valence-electron chi connectivity index (χ2n) is 5.10. The van der Waals surface area contributed by atoms with E-state index in [0.717, 1.165) is 6.26 Å². The molecule has 0 aliphatic heterocycles. The number of anilines is 2. The number of carbonyl (C=O) groups is 2. The fourth-order valence-electron chi connectivity index (χ4n) is 2.00. The van der Waals surface area contributed by atoms with Gasteiger partial charge in [0.25, 0.3) is 5.91 Å². The Labute approximate surface area is 150 Å². The average Bonchev–Trinajstić information content (AvgIpc) is 2.54. The lowest BCUT2D eigenvalue weighted by molar-refractivity contribution is 0.0600. The SMILES string of the molecule is COC(=O)c1ccc(Cl)c(NC(=O)c2cccc(NS(C)(=O)=O)c2)c1. The minimum absolute atomic E-state index is 0.216. The first-order valence-electron chi connectivity index (χ1n) is 6.96. The van der Waals surface area contributed by atoms with Gasteiger partial charge in [0.15, 0.2) is 0 Å². The summed E-state index contributed by atoms with van der Waals surface area (Å²) in [4.78, 5) is 23.9. The third-order valence-corrected chi connectivity index (χ3v) is 4.00. The maximum atomic E-state index is 12.4. The molecule has 0 heterocycles. The second-order valence-corrected chi connectivity index (χ2v) is 7.25. The van der Waals surface area contributed by atoms with Gasteiger partial charge >= 0.3 is 5.97 Å². The van der Waals surface area contributed by atoms with Crippen LogP contribution in [0.2, 0.25) is 5.02 Å². The minimum atomic E-state index is -3.46. The Morgan fingerprint density at radius 1 is 1.08 bits per heavy atom. The number of sulfonamides is 1. The van der Waals surface area contributed by atoms with Crippen molar-refractivity contribution in [2.45, 2.75) is 0 Å². The van der Waals surface area contributed by atoms with Crippen LogP contribution in [0.25, 0.3) is 0 Å². The summed E-state index contributed by atoms with van der Waals surface area (Å²) in [6.07, 6.45) is 1.01. The van der Waals surface area contributed by atoms with Crippen LogP contribution in [0.4, 0.5) is 11.4 Å². The molecule has 0 aliphatic carbocycles. The van der Waals surface area contributed by atoms with Crippen molar-refractivity contribution in [1.29, 1.82) is 0 Å². The van der Waals surface area contributed by atoms with Crippen LogP contribution < -0.4 is 10.0 Å². The lowest BCUT2D eigenvalue weighted by atomic mass is 10.1. The molecule has 1 amide bonds. The highest BCUT2D eigenvalue weighted by molar-refractivity contribution is 7.92. The summed E-state index contributed by atoms with van der Waals surface area (Å²) in [5.74, 6) is -1.08. The third-order valence-electron chi connectivity index (χ3n) is 3.06. The van der Waals surface area contributed by atoms with Crippen molar-refractivity contribution in [3.05, 3.63) is 58.6 Å². The quantitative estimate of drug-likeness (QED) is 0.774. The van der Waals surface area contributed by atoms with Gasteiger partial charge in [-0.25, -0.2) is 13.2 Å². The van der Waals surface area contributed by atoms with Gasteiger partial charge in [0, 0.05) is 11.3 Å². The Balaban J connectivity index is 2.25. The van der Waals surface area contributed by atoms with Crippen molar-refractivity contribution in [2.24, 2.45) is 0 Å². The summed E-state index contributed by atoms with van der Waals surface area (Å²) in [6.45, 7) is 0. The van der Waals surface area contributed by atoms with Gasteiger partial charge in [0.2, 0.25) is 10.0 Å². The molecular formula is C16H15ClN2O5S. The number of nitrogens with one attached hydrogen (secondary N) is 2. The summed E-state index contributed by atoms with van der Waals surface area (Å²) in [5.41, 5.74) is 0.934. The van der Waals surface area contributed by atoms with Crippen molar-refractivity contribution >= 4 is 44.9 Å². The number of amides is 1. The summed E-state index contributed by atoms with van der Waals surface area (Å²) < 4.78 is 29.5. The predicted molar refractivity (Wildman–Crippen MR) is 95.7 cm³/mol. The molecule has 25 heavy (non-hydrogen) atoms. The monoisotopic (exact) mass is 382 g/mol. The van der Waals surface area contributed by atoms with Gasteiger partial charge in [-0.1, -0.05) is 17.7 Å².